The summed E-state index contributed by atoms with van der Waals surface area (Å²) >= 11 is 1.61. The van der Waals surface area contributed by atoms with Crippen LogP contribution < -0.4 is 5.73 Å². The number of methoxy groups -OCH3 is 1. The lowest BCUT2D eigenvalue weighted by Crippen LogP contribution is -2.33. The SMILES string of the molecule is CCn1nc(C)cc1CSCC(N)C(=O)OC. The van der Waals surface area contributed by atoms with Crippen LogP contribution >= 0.6 is 11.8 Å². The summed E-state index contributed by atoms with van der Waals surface area (Å²) in [6.45, 7) is 4.88. The van der Waals surface area contributed by atoms with E-state index >= 15 is 0 Å². The maximum absolute atomic E-state index is 11.1. The van der Waals surface area contributed by atoms with Crippen molar-refractivity contribution in [3.05, 3.63) is 17.5 Å². The van der Waals surface area contributed by atoms with E-state index in [1.54, 1.807) is 11.8 Å². The number of nitrogens with two attached hydrogens (primary N) is 1. The van der Waals surface area contributed by atoms with Gasteiger partial charge < -0.3 is 10.5 Å². The van der Waals surface area contributed by atoms with Crippen molar-refractivity contribution in [2.24, 2.45) is 5.73 Å². The monoisotopic (exact) mass is 257 g/mol. The first-order valence-electron chi connectivity index (χ1n) is 5.53. The van der Waals surface area contributed by atoms with E-state index in [1.165, 1.54) is 7.11 Å². The molecular formula is C11H19N3O2S. The molecule has 0 aliphatic rings. The van der Waals surface area contributed by atoms with Crippen LogP contribution in [0.3, 0.4) is 0 Å². The molecule has 1 aromatic heterocycles. The molecule has 2 N–H and O–H groups in total. The largest absolute Gasteiger partial charge is 0.468 e. The quantitative estimate of drug-likeness (QED) is 0.768. The number of aromatic nitrogens is 2. The molecule has 0 bridgehead atoms. The minimum Gasteiger partial charge on any atom is -0.468 e. The molecule has 96 valence electrons. The Hall–Kier alpha value is -1.01. The highest BCUT2D eigenvalue weighted by atomic mass is 32.2. The van der Waals surface area contributed by atoms with Gasteiger partial charge in [-0.05, 0) is 19.9 Å². The van der Waals surface area contributed by atoms with E-state index in [9.17, 15) is 4.79 Å². The fourth-order valence-corrected chi connectivity index (χ4v) is 2.45. The Bertz CT molecular complexity index is 379. The van der Waals surface area contributed by atoms with Crippen LogP contribution in [0.4, 0.5) is 0 Å². The molecule has 0 fully saturated rings. The zero-order valence-corrected chi connectivity index (χ0v) is 11.3. The zero-order chi connectivity index (χ0) is 12.8. The van der Waals surface area contributed by atoms with Crippen LogP contribution in [-0.4, -0.2) is 34.7 Å². The smallest absolute Gasteiger partial charge is 0.323 e. The Morgan fingerprint density at radius 3 is 3.00 bits per heavy atom. The van der Waals surface area contributed by atoms with Crippen molar-refractivity contribution >= 4 is 17.7 Å². The summed E-state index contributed by atoms with van der Waals surface area (Å²) < 4.78 is 6.53. The summed E-state index contributed by atoms with van der Waals surface area (Å²) in [6, 6.07) is 1.50. The van der Waals surface area contributed by atoms with Crippen LogP contribution in [0.5, 0.6) is 0 Å². The van der Waals surface area contributed by atoms with E-state index in [0.717, 1.165) is 23.7 Å². The molecule has 0 spiro atoms. The fraction of sp³-hybridized carbons (Fsp3) is 0.636. The number of carbonyl (C=O) groups is 1. The molecule has 5 nitrogen and oxygen atoms in total. The molecule has 1 unspecified atom stereocenters. The van der Waals surface area contributed by atoms with Crippen molar-refractivity contribution in [1.82, 2.24) is 9.78 Å². The number of rotatable bonds is 6. The number of ether oxygens (including phenoxy) is 1. The van der Waals surface area contributed by atoms with E-state index < -0.39 is 6.04 Å². The first-order chi connectivity index (χ1) is 8.08. The Kier molecular flexibility index (Phi) is 5.50. The summed E-state index contributed by atoms with van der Waals surface area (Å²) in [5, 5.41) is 4.36. The Balaban J connectivity index is 2.42. The number of thioether (sulfide) groups is 1. The minimum absolute atomic E-state index is 0.363. The Morgan fingerprint density at radius 1 is 1.71 bits per heavy atom. The lowest BCUT2D eigenvalue weighted by molar-refractivity contribution is -0.141. The maximum atomic E-state index is 11.1. The predicted molar refractivity (Wildman–Crippen MR) is 68.8 cm³/mol. The molecule has 1 aromatic rings. The van der Waals surface area contributed by atoms with Gasteiger partial charge in [-0.2, -0.15) is 16.9 Å². The van der Waals surface area contributed by atoms with Gasteiger partial charge in [-0.1, -0.05) is 0 Å². The molecule has 0 saturated carbocycles. The molecule has 0 radical (unpaired) electrons. The summed E-state index contributed by atoms with van der Waals surface area (Å²) in [7, 11) is 1.35. The van der Waals surface area contributed by atoms with E-state index in [-0.39, 0.29) is 5.97 Å². The molecule has 0 saturated heterocycles. The van der Waals surface area contributed by atoms with Crippen LogP contribution in [-0.2, 0) is 21.8 Å². The number of carbonyl (C=O) groups excluding carboxylic acids is 1. The maximum Gasteiger partial charge on any atom is 0.323 e. The van der Waals surface area contributed by atoms with Crippen molar-refractivity contribution in [2.45, 2.75) is 32.2 Å². The van der Waals surface area contributed by atoms with E-state index in [2.05, 4.69) is 22.8 Å². The first kappa shape index (κ1) is 14.1. The summed E-state index contributed by atoms with van der Waals surface area (Å²) in [4.78, 5) is 11.1. The highest BCUT2D eigenvalue weighted by Gasteiger charge is 2.14. The predicted octanol–water partition coefficient (Wildman–Crippen LogP) is 0.945. The van der Waals surface area contributed by atoms with Crippen LogP contribution in [0, 0.1) is 6.92 Å². The second-order valence-corrected chi connectivity index (χ2v) is 4.77. The van der Waals surface area contributed by atoms with E-state index in [0.29, 0.717) is 5.75 Å². The normalized spacial score (nSPS) is 12.5. The molecule has 1 heterocycles. The first-order valence-corrected chi connectivity index (χ1v) is 6.68. The molecular weight excluding hydrogens is 238 g/mol. The molecule has 0 aliphatic heterocycles. The Morgan fingerprint density at radius 2 is 2.41 bits per heavy atom. The molecule has 0 amide bonds. The molecule has 6 heteroatoms. The third kappa shape index (κ3) is 4.05. The van der Waals surface area contributed by atoms with Crippen LogP contribution in [0.2, 0.25) is 0 Å². The number of aryl methyl sites for hydroxylation is 2. The second kappa shape index (κ2) is 6.66. The number of esters is 1. The van der Waals surface area contributed by atoms with Crippen molar-refractivity contribution in [3.8, 4) is 0 Å². The van der Waals surface area contributed by atoms with Gasteiger partial charge in [0.1, 0.15) is 6.04 Å². The molecule has 0 aliphatic carbocycles. The lowest BCUT2D eigenvalue weighted by Gasteiger charge is -2.09. The Labute approximate surface area is 106 Å². The van der Waals surface area contributed by atoms with Gasteiger partial charge in [-0.25, -0.2) is 0 Å². The van der Waals surface area contributed by atoms with Gasteiger partial charge in [0.05, 0.1) is 12.8 Å². The standard InChI is InChI=1S/C11H19N3O2S/c1-4-14-9(5-8(2)13-14)6-17-7-10(12)11(15)16-3/h5,10H,4,6-7,12H2,1-3H3. The second-order valence-electron chi connectivity index (χ2n) is 3.74. The minimum atomic E-state index is -0.552. The van der Waals surface area contributed by atoms with Crippen LogP contribution in [0.15, 0.2) is 6.07 Å². The van der Waals surface area contributed by atoms with Gasteiger partial charge in [0.15, 0.2) is 0 Å². The van der Waals surface area contributed by atoms with Crippen molar-refractivity contribution in [2.75, 3.05) is 12.9 Å². The van der Waals surface area contributed by atoms with Gasteiger partial charge in [-0.15, -0.1) is 0 Å². The average Bonchev–Trinajstić information content (AvgIpc) is 2.68. The third-order valence-electron chi connectivity index (χ3n) is 2.34. The van der Waals surface area contributed by atoms with E-state index in [1.807, 2.05) is 11.6 Å². The molecule has 1 atom stereocenters. The van der Waals surface area contributed by atoms with Gasteiger partial charge in [-0.3, -0.25) is 9.48 Å². The van der Waals surface area contributed by atoms with Gasteiger partial charge in [0, 0.05) is 23.7 Å². The van der Waals surface area contributed by atoms with Crippen molar-refractivity contribution in [3.63, 3.8) is 0 Å². The van der Waals surface area contributed by atoms with Gasteiger partial charge in [0.25, 0.3) is 0 Å². The average molecular weight is 257 g/mol. The zero-order valence-electron chi connectivity index (χ0n) is 10.5. The topological polar surface area (TPSA) is 70.1 Å². The van der Waals surface area contributed by atoms with Crippen molar-refractivity contribution in [1.29, 1.82) is 0 Å². The van der Waals surface area contributed by atoms with Crippen molar-refractivity contribution < 1.29 is 9.53 Å². The molecule has 17 heavy (non-hydrogen) atoms. The summed E-state index contributed by atoms with van der Waals surface area (Å²) in [5.41, 5.74) is 7.82. The molecule has 1 rings (SSSR count). The van der Waals surface area contributed by atoms with Gasteiger partial charge in [0.2, 0.25) is 0 Å². The summed E-state index contributed by atoms with van der Waals surface area (Å²) in [5.74, 6) is 0.998. The van der Waals surface area contributed by atoms with E-state index in [4.69, 9.17) is 5.73 Å². The third-order valence-corrected chi connectivity index (χ3v) is 3.43. The molecule has 0 aromatic carbocycles. The van der Waals surface area contributed by atoms with Crippen LogP contribution in [0.1, 0.15) is 18.3 Å². The highest BCUT2D eigenvalue weighted by Crippen LogP contribution is 2.14. The van der Waals surface area contributed by atoms with Crippen LogP contribution in [0.25, 0.3) is 0 Å². The number of hydrogen-bond donors (Lipinski definition) is 1. The summed E-state index contributed by atoms with van der Waals surface area (Å²) in [6.07, 6.45) is 0. The lowest BCUT2D eigenvalue weighted by atomic mass is 10.4. The highest BCUT2D eigenvalue weighted by molar-refractivity contribution is 7.98. The number of hydrogen-bond acceptors (Lipinski definition) is 5. The fourth-order valence-electron chi connectivity index (χ4n) is 1.50. The van der Waals surface area contributed by atoms with Gasteiger partial charge >= 0.3 is 5.97 Å². The number of nitrogens with zero attached hydrogens (tertiary/aromatic N) is 2.